The number of benzene rings is 1. The lowest BCUT2D eigenvalue weighted by atomic mass is 10.3. The number of hydrogen-bond acceptors (Lipinski definition) is 4. The first-order valence-electron chi connectivity index (χ1n) is 7.03. The van der Waals surface area contributed by atoms with Gasteiger partial charge in [-0.1, -0.05) is 6.92 Å². The Balaban J connectivity index is 2.36. The zero-order valence-corrected chi connectivity index (χ0v) is 13.1. The molecular weight excluding hydrogens is 295 g/mol. The Morgan fingerprint density at radius 2 is 2.10 bits per heavy atom. The van der Waals surface area contributed by atoms with Gasteiger partial charge in [0.05, 0.1) is 17.7 Å². The van der Waals surface area contributed by atoms with Crippen LogP contribution in [0.15, 0.2) is 17.0 Å². The molecule has 7 heteroatoms. The molecule has 0 atom stereocenters. The summed E-state index contributed by atoms with van der Waals surface area (Å²) in [6, 6.07) is 2.23. The largest absolute Gasteiger partial charge is 0.492 e. The molecule has 2 N–H and O–H groups in total. The maximum atomic E-state index is 13.9. The molecule has 0 unspecified atom stereocenters. The third-order valence-corrected chi connectivity index (χ3v) is 5.36. The summed E-state index contributed by atoms with van der Waals surface area (Å²) in [5.41, 5.74) is 5.65. The van der Waals surface area contributed by atoms with Gasteiger partial charge in [0.1, 0.15) is 0 Å². The van der Waals surface area contributed by atoms with E-state index in [0.717, 1.165) is 18.9 Å². The van der Waals surface area contributed by atoms with Gasteiger partial charge < -0.3 is 10.5 Å². The normalized spacial score (nSPS) is 15.4. The SMILES string of the molecule is CCCN(CC1CC1)S(=O)(=O)c1cc(N)c(OC)c(F)c1. The summed E-state index contributed by atoms with van der Waals surface area (Å²) in [5.74, 6) is -0.469. The number of nitrogen functional groups attached to an aromatic ring is 1. The van der Waals surface area contributed by atoms with Gasteiger partial charge in [0.25, 0.3) is 0 Å². The highest BCUT2D eigenvalue weighted by atomic mass is 32.2. The van der Waals surface area contributed by atoms with Gasteiger partial charge in [-0.15, -0.1) is 0 Å². The smallest absolute Gasteiger partial charge is 0.243 e. The molecule has 1 aliphatic carbocycles. The number of sulfonamides is 1. The van der Waals surface area contributed by atoms with Gasteiger partial charge in [-0.2, -0.15) is 4.31 Å². The highest BCUT2D eigenvalue weighted by Crippen LogP contribution is 2.33. The molecule has 5 nitrogen and oxygen atoms in total. The molecule has 118 valence electrons. The molecule has 1 aliphatic rings. The molecule has 21 heavy (non-hydrogen) atoms. The molecule has 0 bridgehead atoms. The minimum atomic E-state index is -3.73. The van der Waals surface area contributed by atoms with E-state index < -0.39 is 15.8 Å². The van der Waals surface area contributed by atoms with Crippen molar-refractivity contribution in [1.82, 2.24) is 4.31 Å². The maximum absolute atomic E-state index is 13.9. The summed E-state index contributed by atoms with van der Waals surface area (Å²) in [5, 5.41) is 0. The number of nitrogens with two attached hydrogens (primary N) is 1. The van der Waals surface area contributed by atoms with Crippen molar-refractivity contribution in [2.24, 2.45) is 5.92 Å². The van der Waals surface area contributed by atoms with Crippen LogP contribution in [0.5, 0.6) is 5.75 Å². The number of ether oxygens (including phenoxy) is 1. The molecule has 0 saturated heterocycles. The van der Waals surface area contributed by atoms with Crippen LogP contribution in [0.4, 0.5) is 10.1 Å². The summed E-state index contributed by atoms with van der Waals surface area (Å²) < 4.78 is 45.4. The van der Waals surface area contributed by atoms with Crippen molar-refractivity contribution in [3.63, 3.8) is 0 Å². The van der Waals surface area contributed by atoms with Crippen molar-refractivity contribution >= 4 is 15.7 Å². The van der Waals surface area contributed by atoms with Crippen LogP contribution in [-0.2, 0) is 10.0 Å². The van der Waals surface area contributed by atoms with Gasteiger partial charge in [-0.3, -0.25) is 0 Å². The van der Waals surface area contributed by atoms with Crippen LogP contribution in [0.2, 0.25) is 0 Å². The molecule has 0 spiro atoms. The van der Waals surface area contributed by atoms with Crippen molar-refractivity contribution < 1.29 is 17.5 Å². The second-order valence-electron chi connectivity index (χ2n) is 5.33. The predicted molar refractivity (Wildman–Crippen MR) is 79.1 cm³/mol. The lowest BCUT2D eigenvalue weighted by Crippen LogP contribution is -2.33. The highest BCUT2D eigenvalue weighted by molar-refractivity contribution is 7.89. The Labute approximate surface area is 124 Å². The summed E-state index contributed by atoms with van der Waals surface area (Å²) in [4.78, 5) is -0.118. The standard InChI is InChI=1S/C14H21FN2O3S/c1-3-6-17(9-10-4-5-10)21(18,19)11-7-12(15)14(20-2)13(16)8-11/h7-8,10H,3-6,9,16H2,1-2H3. The highest BCUT2D eigenvalue weighted by Gasteiger charge is 2.32. The van der Waals surface area contributed by atoms with Crippen LogP contribution >= 0.6 is 0 Å². The third kappa shape index (κ3) is 3.47. The second-order valence-corrected chi connectivity index (χ2v) is 7.27. The molecule has 0 radical (unpaired) electrons. The minimum absolute atomic E-state index is 0.0149. The number of halogens is 1. The molecule has 0 aliphatic heterocycles. The predicted octanol–water partition coefficient (Wildman–Crippen LogP) is 2.23. The first-order valence-corrected chi connectivity index (χ1v) is 8.47. The van der Waals surface area contributed by atoms with E-state index in [4.69, 9.17) is 10.5 Å². The van der Waals surface area contributed by atoms with Crippen LogP contribution in [0.3, 0.4) is 0 Å². The van der Waals surface area contributed by atoms with Gasteiger partial charge >= 0.3 is 0 Å². The Morgan fingerprint density at radius 3 is 2.57 bits per heavy atom. The molecule has 1 aromatic carbocycles. The topological polar surface area (TPSA) is 72.6 Å². The summed E-state index contributed by atoms with van der Waals surface area (Å²) in [7, 11) is -2.44. The third-order valence-electron chi connectivity index (χ3n) is 3.52. The Kier molecular flexibility index (Phi) is 4.73. The summed E-state index contributed by atoms with van der Waals surface area (Å²) in [6.07, 6.45) is 2.81. The van der Waals surface area contributed by atoms with Crippen molar-refractivity contribution in [2.75, 3.05) is 25.9 Å². The molecule has 2 rings (SSSR count). The molecule has 1 saturated carbocycles. The van der Waals surface area contributed by atoms with Crippen molar-refractivity contribution in [1.29, 1.82) is 0 Å². The van der Waals surface area contributed by atoms with Gasteiger partial charge in [-0.25, -0.2) is 12.8 Å². The maximum Gasteiger partial charge on any atom is 0.243 e. The first-order chi connectivity index (χ1) is 9.90. The van der Waals surface area contributed by atoms with Crippen molar-refractivity contribution in [3.05, 3.63) is 17.9 Å². The lowest BCUT2D eigenvalue weighted by molar-refractivity contribution is 0.385. The zero-order valence-electron chi connectivity index (χ0n) is 12.3. The Hall–Kier alpha value is -1.34. The molecule has 1 fully saturated rings. The fourth-order valence-corrected chi connectivity index (χ4v) is 3.91. The van der Waals surface area contributed by atoms with Crippen LogP contribution in [0.25, 0.3) is 0 Å². The van der Waals surface area contributed by atoms with E-state index in [1.807, 2.05) is 6.92 Å². The summed E-state index contributed by atoms with van der Waals surface area (Å²) in [6.45, 7) is 2.83. The molecular formula is C14H21FN2O3S. The Morgan fingerprint density at radius 1 is 1.43 bits per heavy atom. The fraction of sp³-hybridized carbons (Fsp3) is 0.571. The van der Waals surface area contributed by atoms with Crippen LogP contribution < -0.4 is 10.5 Å². The first kappa shape index (κ1) is 16.0. The van der Waals surface area contributed by atoms with E-state index in [1.54, 1.807) is 0 Å². The van der Waals surface area contributed by atoms with E-state index in [9.17, 15) is 12.8 Å². The van der Waals surface area contributed by atoms with Gasteiger partial charge in [0, 0.05) is 13.1 Å². The lowest BCUT2D eigenvalue weighted by Gasteiger charge is -2.22. The fourth-order valence-electron chi connectivity index (χ4n) is 2.25. The van der Waals surface area contributed by atoms with E-state index in [2.05, 4.69) is 0 Å². The van der Waals surface area contributed by atoms with Gasteiger partial charge in [0.15, 0.2) is 11.6 Å². The van der Waals surface area contributed by atoms with Crippen molar-refractivity contribution in [3.8, 4) is 5.75 Å². The number of rotatable bonds is 7. The minimum Gasteiger partial charge on any atom is -0.492 e. The number of methoxy groups -OCH3 is 1. The molecule has 0 heterocycles. The Bertz CT molecular complexity index is 592. The second kappa shape index (κ2) is 6.19. The van der Waals surface area contributed by atoms with Crippen LogP contribution in [0, 0.1) is 11.7 Å². The van der Waals surface area contributed by atoms with Gasteiger partial charge in [-0.05, 0) is 37.3 Å². The van der Waals surface area contributed by atoms with Crippen LogP contribution in [0.1, 0.15) is 26.2 Å². The zero-order chi connectivity index (χ0) is 15.6. The molecule has 1 aromatic rings. The van der Waals surface area contributed by atoms with Crippen LogP contribution in [-0.4, -0.2) is 32.9 Å². The number of hydrogen-bond donors (Lipinski definition) is 1. The quantitative estimate of drug-likeness (QED) is 0.783. The summed E-state index contributed by atoms with van der Waals surface area (Å²) >= 11 is 0. The van der Waals surface area contributed by atoms with Gasteiger partial charge in [0.2, 0.25) is 10.0 Å². The van der Waals surface area contributed by atoms with E-state index in [-0.39, 0.29) is 16.3 Å². The number of nitrogens with zero attached hydrogens (tertiary/aromatic N) is 1. The monoisotopic (exact) mass is 316 g/mol. The van der Waals surface area contributed by atoms with E-state index in [1.165, 1.54) is 17.5 Å². The average Bonchev–Trinajstić information content (AvgIpc) is 3.21. The number of anilines is 1. The van der Waals surface area contributed by atoms with E-state index >= 15 is 0 Å². The van der Waals surface area contributed by atoms with E-state index in [0.29, 0.717) is 25.4 Å². The molecule has 0 amide bonds. The molecule has 0 aromatic heterocycles. The van der Waals surface area contributed by atoms with Crippen molar-refractivity contribution in [2.45, 2.75) is 31.1 Å². The average molecular weight is 316 g/mol.